The van der Waals surface area contributed by atoms with Gasteiger partial charge in [-0.15, -0.1) is 0 Å². The summed E-state index contributed by atoms with van der Waals surface area (Å²) in [7, 11) is 0. The maximum atomic E-state index is 6.36. The van der Waals surface area contributed by atoms with E-state index in [9.17, 15) is 0 Å². The fraction of sp³-hybridized carbons (Fsp3) is 0.312. The van der Waals surface area contributed by atoms with Gasteiger partial charge in [-0.2, -0.15) is 0 Å². The van der Waals surface area contributed by atoms with Crippen LogP contribution in [0.25, 0.3) is 17.0 Å². The van der Waals surface area contributed by atoms with Crippen molar-refractivity contribution in [3.05, 3.63) is 47.7 Å². The SMILES string of the molecule is CC1CCc2cnn3c(-c4ccccc4)n[n+](Cl)c3c2C1. The maximum absolute atomic E-state index is 6.36. The van der Waals surface area contributed by atoms with E-state index in [1.807, 2.05) is 41.0 Å². The van der Waals surface area contributed by atoms with Crippen LogP contribution < -0.4 is 4.20 Å². The first kappa shape index (κ1) is 12.8. The summed E-state index contributed by atoms with van der Waals surface area (Å²) in [5, 5.41) is 9.04. The van der Waals surface area contributed by atoms with Gasteiger partial charge in [0.25, 0.3) is 5.82 Å². The molecule has 1 aliphatic rings. The molecule has 4 rings (SSSR count). The summed E-state index contributed by atoms with van der Waals surface area (Å²) in [5.74, 6) is 1.46. The largest absolute Gasteiger partial charge is 0.352 e. The van der Waals surface area contributed by atoms with Crippen LogP contribution in [0.1, 0.15) is 24.5 Å². The molecular formula is C16H16ClN4+. The standard InChI is InChI=1S/C16H16ClN4/c1-11-7-8-13-10-18-20-15(12-5-3-2-4-6-12)19-21(17)16(20)14(13)9-11/h2-6,10-11H,7-9H2,1H3/q+1. The predicted octanol–water partition coefficient (Wildman–Crippen LogP) is 2.81. The Morgan fingerprint density at radius 2 is 2.10 bits per heavy atom. The summed E-state index contributed by atoms with van der Waals surface area (Å²) in [5.41, 5.74) is 4.51. The van der Waals surface area contributed by atoms with Crippen molar-refractivity contribution in [2.24, 2.45) is 5.92 Å². The fourth-order valence-electron chi connectivity index (χ4n) is 3.11. The normalized spacial score (nSPS) is 17.9. The van der Waals surface area contributed by atoms with Crippen LogP contribution >= 0.6 is 11.8 Å². The van der Waals surface area contributed by atoms with Gasteiger partial charge in [-0.05, 0) is 52.2 Å². The molecule has 3 aromatic rings. The lowest BCUT2D eigenvalue weighted by molar-refractivity contribution is -0.557. The van der Waals surface area contributed by atoms with Gasteiger partial charge in [0.05, 0.1) is 11.8 Å². The molecule has 2 aromatic heterocycles. The Balaban J connectivity index is 1.99. The molecule has 106 valence electrons. The first-order valence-corrected chi connectivity index (χ1v) is 7.61. The minimum Gasteiger partial charge on any atom is -0.0840 e. The van der Waals surface area contributed by atoms with E-state index in [4.69, 9.17) is 11.8 Å². The lowest BCUT2D eigenvalue weighted by Gasteiger charge is -2.18. The molecule has 0 aliphatic heterocycles. The third kappa shape index (κ3) is 2.02. The summed E-state index contributed by atoms with van der Waals surface area (Å²) in [6, 6.07) is 10.0. The molecule has 0 amide bonds. The van der Waals surface area contributed by atoms with Crippen LogP contribution in [0.5, 0.6) is 0 Å². The highest BCUT2D eigenvalue weighted by Gasteiger charge is 2.29. The topological polar surface area (TPSA) is 34.1 Å². The lowest BCUT2D eigenvalue weighted by atomic mass is 9.86. The molecule has 4 nitrogen and oxygen atoms in total. The van der Waals surface area contributed by atoms with Crippen LogP contribution in [0.4, 0.5) is 0 Å². The number of rotatable bonds is 1. The molecule has 2 heterocycles. The average Bonchev–Trinajstić information content (AvgIpc) is 2.85. The monoisotopic (exact) mass is 299 g/mol. The van der Waals surface area contributed by atoms with Gasteiger partial charge in [0, 0.05) is 5.56 Å². The molecule has 0 saturated heterocycles. The van der Waals surface area contributed by atoms with Gasteiger partial charge in [-0.3, -0.25) is 0 Å². The second-order valence-electron chi connectivity index (χ2n) is 5.78. The van der Waals surface area contributed by atoms with Gasteiger partial charge in [0.15, 0.2) is 11.8 Å². The first-order chi connectivity index (χ1) is 10.2. The number of aryl methyl sites for hydroxylation is 1. The number of hydrogen-bond donors (Lipinski definition) is 0. The van der Waals surface area contributed by atoms with E-state index in [0.29, 0.717) is 5.92 Å². The number of aromatic nitrogens is 4. The average molecular weight is 300 g/mol. The summed E-state index contributed by atoms with van der Waals surface area (Å²) in [6.45, 7) is 2.28. The maximum Gasteiger partial charge on any atom is 0.352 e. The van der Waals surface area contributed by atoms with Gasteiger partial charge < -0.3 is 0 Å². The molecule has 1 atom stereocenters. The third-order valence-electron chi connectivity index (χ3n) is 4.24. The van der Waals surface area contributed by atoms with Gasteiger partial charge in [0.1, 0.15) is 0 Å². The van der Waals surface area contributed by atoms with Crippen molar-refractivity contribution in [1.29, 1.82) is 0 Å². The molecule has 1 unspecified atom stereocenters. The van der Waals surface area contributed by atoms with Crippen molar-refractivity contribution in [2.75, 3.05) is 0 Å². The van der Waals surface area contributed by atoms with Crippen LogP contribution in [-0.2, 0) is 12.8 Å². The van der Waals surface area contributed by atoms with Gasteiger partial charge in [0.2, 0.25) is 0 Å². The van der Waals surface area contributed by atoms with Crippen LogP contribution in [0.2, 0.25) is 0 Å². The molecular weight excluding hydrogens is 284 g/mol. The highest BCUT2D eigenvalue weighted by atomic mass is 35.5. The fourth-order valence-corrected chi connectivity index (χ4v) is 3.35. The number of hydrogen-bond acceptors (Lipinski definition) is 2. The molecule has 1 aromatic carbocycles. The summed E-state index contributed by atoms with van der Waals surface area (Å²) >= 11 is 6.36. The molecule has 21 heavy (non-hydrogen) atoms. The summed E-state index contributed by atoms with van der Waals surface area (Å²) in [4.78, 5) is 0. The summed E-state index contributed by atoms with van der Waals surface area (Å²) < 4.78 is 3.31. The Bertz CT molecular complexity index is 810. The van der Waals surface area contributed by atoms with Crippen molar-refractivity contribution in [1.82, 2.24) is 14.7 Å². The molecule has 0 fully saturated rings. The van der Waals surface area contributed by atoms with Crippen molar-refractivity contribution >= 4 is 17.4 Å². The van der Waals surface area contributed by atoms with Crippen molar-refractivity contribution in [3.63, 3.8) is 0 Å². The van der Waals surface area contributed by atoms with E-state index in [1.165, 1.54) is 21.7 Å². The number of halogens is 1. The Hall–Kier alpha value is -1.94. The zero-order valence-electron chi connectivity index (χ0n) is 11.8. The predicted molar refractivity (Wildman–Crippen MR) is 81.1 cm³/mol. The molecule has 0 spiro atoms. The van der Waals surface area contributed by atoms with Crippen LogP contribution in [-0.4, -0.2) is 14.7 Å². The number of benzene rings is 1. The smallest absolute Gasteiger partial charge is 0.0840 e. The van der Waals surface area contributed by atoms with E-state index in [1.54, 1.807) is 0 Å². The second-order valence-corrected chi connectivity index (χ2v) is 6.10. The molecule has 0 saturated carbocycles. The summed E-state index contributed by atoms with van der Waals surface area (Å²) in [6.07, 6.45) is 5.29. The van der Waals surface area contributed by atoms with E-state index in [-0.39, 0.29) is 0 Å². The lowest BCUT2D eigenvalue weighted by Crippen LogP contribution is -2.26. The van der Waals surface area contributed by atoms with Crippen LogP contribution in [0.15, 0.2) is 36.5 Å². The highest BCUT2D eigenvalue weighted by Crippen LogP contribution is 2.28. The quantitative estimate of drug-likeness (QED) is 0.692. The van der Waals surface area contributed by atoms with Crippen molar-refractivity contribution < 1.29 is 4.20 Å². The van der Waals surface area contributed by atoms with Crippen molar-refractivity contribution in [2.45, 2.75) is 26.2 Å². The molecule has 0 bridgehead atoms. The van der Waals surface area contributed by atoms with E-state index < -0.39 is 0 Å². The van der Waals surface area contributed by atoms with E-state index >= 15 is 0 Å². The van der Waals surface area contributed by atoms with Gasteiger partial charge >= 0.3 is 5.65 Å². The minimum absolute atomic E-state index is 0.676. The number of fused-ring (bicyclic) bond motifs is 3. The number of nitrogens with zero attached hydrogens (tertiary/aromatic N) is 4. The van der Waals surface area contributed by atoms with Crippen LogP contribution in [0.3, 0.4) is 0 Å². The Kier molecular flexibility index (Phi) is 2.93. The Morgan fingerprint density at radius 1 is 1.29 bits per heavy atom. The minimum atomic E-state index is 0.676. The second kappa shape index (κ2) is 4.81. The first-order valence-electron chi connectivity index (χ1n) is 7.27. The zero-order valence-corrected chi connectivity index (χ0v) is 12.6. The van der Waals surface area contributed by atoms with E-state index in [2.05, 4.69) is 17.1 Å². The van der Waals surface area contributed by atoms with Gasteiger partial charge in [-0.1, -0.05) is 34.7 Å². The Morgan fingerprint density at radius 3 is 2.90 bits per heavy atom. The molecule has 5 heteroatoms. The molecule has 0 N–H and O–H groups in total. The molecule has 1 aliphatic carbocycles. The third-order valence-corrected chi connectivity index (χ3v) is 4.47. The Labute approximate surface area is 128 Å². The van der Waals surface area contributed by atoms with E-state index in [0.717, 1.165) is 29.9 Å². The molecule has 0 radical (unpaired) electrons. The van der Waals surface area contributed by atoms with Crippen LogP contribution in [0, 0.1) is 5.92 Å². The van der Waals surface area contributed by atoms with Gasteiger partial charge in [-0.25, -0.2) is 0 Å². The highest BCUT2D eigenvalue weighted by molar-refractivity contribution is 6.05. The van der Waals surface area contributed by atoms with Crippen molar-refractivity contribution in [3.8, 4) is 11.4 Å². The zero-order chi connectivity index (χ0) is 14.4.